The molecule has 0 saturated heterocycles. The fraction of sp³-hybridized carbons (Fsp3) is 0.231. The summed E-state index contributed by atoms with van der Waals surface area (Å²) in [6.45, 7) is 2.02. The number of carbonyl (C=O) groups excluding carboxylic acids is 1. The predicted octanol–water partition coefficient (Wildman–Crippen LogP) is 2.53. The highest BCUT2D eigenvalue weighted by Gasteiger charge is 2.14. The van der Waals surface area contributed by atoms with Gasteiger partial charge in [-0.15, -0.1) is 0 Å². The molecule has 94 valence electrons. The maximum absolute atomic E-state index is 11.4. The Labute approximate surface area is 104 Å². The van der Waals surface area contributed by atoms with Crippen LogP contribution in [0.3, 0.4) is 0 Å². The molecule has 5 heteroatoms. The van der Waals surface area contributed by atoms with E-state index in [1.165, 1.54) is 6.26 Å². The van der Waals surface area contributed by atoms with Crippen LogP contribution in [0.2, 0.25) is 0 Å². The second-order valence-electron chi connectivity index (χ2n) is 3.49. The average Bonchev–Trinajstić information content (AvgIpc) is 2.89. The normalized spacial score (nSPS) is 10.1. The maximum Gasteiger partial charge on any atom is 0.394 e. The first kappa shape index (κ1) is 12.2. The van der Waals surface area contributed by atoms with Crippen molar-refractivity contribution in [3.05, 3.63) is 36.4 Å². The summed E-state index contributed by atoms with van der Waals surface area (Å²) in [5.74, 6) is 0.160. The number of oxazole rings is 1. The van der Waals surface area contributed by atoms with Crippen LogP contribution in [0.25, 0.3) is 11.3 Å². The van der Waals surface area contributed by atoms with Crippen molar-refractivity contribution < 1.29 is 18.7 Å². The lowest BCUT2D eigenvalue weighted by Gasteiger charge is -1.99. The van der Waals surface area contributed by atoms with E-state index in [2.05, 4.69) is 4.98 Å². The van der Waals surface area contributed by atoms with Gasteiger partial charge in [0.15, 0.2) is 0 Å². The van der Waals surface area contributed by atoms with E-state index in [-0.39, 0.29) is 5.89 Å². The van der Waals surface area contributed by atoms with Crippen molar-refractivity contribution in [1.82, 2.24) is 4.98 Å². The van der Waals surface area contributed by atoms with E-state index in [1.54, 1.807) is 14.0 Å². The summed E-state index contributed by atoms with van der Waals surface area (Å²) in [5, 5.41) is 0. The molecule has 1 heterocycles. The van der Waals surface area contributed by atoms with Gasteiger partial charge in [-0.05, 0) is 31.2 Å². The van der Waals surface area contributed by atoms with E-state index in [9.17, 15) is 4.79 Å². The van der Waals surface area contributed by atoms with E-state index in [0.717, 1.165) is 11.3 Å². The quantitative estimate of drug-likeness (QED) is 0.777. The number of hydrogen-bond donors (Lipinski definition) is 0. The smallest absolute Gasteiger partial charge is 0.394 e. The van der Waals surface area contributed by atoms with Crippen molar-refractivity contribution in [2.75, 3.05) is 13.7 Å². The summed E-state index contributed by atoms with van der Waals surface area (Å²) in [5.41, 5.74) is 1.43. The lowest BCUT2D eigenvalue weighted by molar-refractivity contribution is 0.0481. The minimum Gasteiger partial charge on any atom is -0.497 e. The molecular weight excluding hydrogens is 234 g/mol. The molecule has 0 aliphatic rings. The topological polar surface area (TPSA) is 61.6 Å². The largest absolute Gasteiger partial charge is 0.497 e. The van der Waals surface area contributed by atoms with Crippen LogP contribution in [0.5, 0.6) is 5.75 Å². The van der Waals surface area contributed by atoms with E-state index < -0.39 is 5.97 Å². The standard InChI is InChI=1S/C13H13NO4/c1-3-17-13(15)12-14-11(8-18-12)9-4-6-10(16-2)7-5-9/h4-8H,3H2,1-2H3. The average molecular weight is 247 g/mol. The molecule has 0 aliphatic heterocycles. The minimum atomic E-state index is -0.558. The Morgan fingerprint density at radius 1 is 1.33 bits per heavy atom. The van der Waals surface area contributed by atoms with Gasteiger partial charge in [0.25, 0.3) is 0 Å². The summed E-state index contributed by atoms with van der Waals surface area (Å²) in [6.07, 6.45) is 1.42. The summed E-state index contributed by atoms with van der Waals surface area (Å²) in [7, 11) is 1.60. The first-order valence-electron chi connectivity index (χ1n) is 5.51. The molecule has 1 aromatic carbocycles. The van der Waals surface area contributed by atoms with Crippen molar-refractivity contribution in [3.63, 3.8) is 0 Å². The lowest BCUT2D eigenvalue weighted by Crippen LogP contribution is -2.04. The van der Waals surface area contributed by atoms with Crippen LogP contribution in [-0.4, -0.2) is 24.7 Å². The summed E-state index contributed by atoms with van der Waals surface area (Å²) >= 11 is 0. The number of nitrogens with zero attached hydrogens (tertiary/aromatic N) is 1. The highest BCUT2D eigenvalue weighted by atomic mass is 16.5. The van der Waals surface area contributed by atoms with Crippen LogP contribution in [0, 0.1) is 0 Å². The lowest BCUT2D eigenvalue weighted by atomic mass is 10.2. The molecule has 18 heavy (non-hydrogen) atoms. The van der Waals surface area contributed by atoms with Crippen LogP contribution in [0.15, 0.2) is 34.9 Å². The first-order chi connectivity index (χ1) is 8.74. The molecule has 2 aromatic rings. The van der Waals surface area contributed by atoms with Crippen molar-refractivity contribution in [1.29, 1.82) is 0 Å². The first-order valence-corrected chi connectivity index (χ1v) is 5.51. The van der Waals surface area contributed by atoms with Crippen molar-refractivity contribution in [3.8, 4) is 17.0 Å². The van der Waals surface area contributed by atoms with Gasteiger partial charge in [0, 0.05) is 5.56 Å². The zero-order chi connectivity index (χ0) is 13.0. The predicted molar refractivity (Wildman–Crippen MR) is 64.4 cm³/mol. The Morgan fingerprint density at radius 3 is 2.67 bits per heavy atom. The molecule has 0 unspecified atom stereocenters. The van der Waals surface area contributed by atoms with Gasteiger partial charge in [0.2, 0.25) is 0 Å². The molecule has 0 spiro atoms. The second kappa shape index (κ2) is 5.35. The molecule has 5 nitrogen and oxygen atoms in total. The SMILES string of the molecule is CCOC(=O)c1nc(-c2ccc(OC)cc2)co1. The second-order valence-corrected chi connectivity index (χ2v) is 3.49. The van der Waals surface area contributed by atoms with Gasteiger partial charge in [-0.1, -0.05) is 0 Å². The molecule has 0 atom stereocenters. The molecule has 0 bridgehead atoms. The molecular formula is C13H13NO4. The number of benzene rings is 1. The van der Waals surface area contributed by atoms with Crippen LogP contribution in [-0.2, 0) is 4.74 Å². The molecule has 0 N–H and O–H groups in total. The molecule has 0 fully saturated rings. The van der Waals surface area contributed by atoms with E-state index in [1.807, 2.05) is 24.3 Å². The summed E-state index contributed by atoms with van der Waals surface area (Å²) in [4.78, 5) is 15.5. The third-order valence-corrected chi connectivity index (χ3v) is 2.34. The number of ether oxygens (including phenoxy) is 2. The zero-order valence-electron chi connectivity index (χ0n) is 10.2. The van der Waals surface area contributed by atoms with E-state index in [0.29, 0.717) is 12.3 Å². The van der Waals surface area contributed by atoms with Crippen LogP contribution >= 0.6 is 0 Å². The van der Waals surface area contributed by atoms with Gasteiger partial charge in [-0.3, -0.25) is 0 Å². The van der Waals surface area contributed by atoms with Crippen molar-refractivity contribution in [2.45, 2.75) is 6.92 Å². The van der Waals surface area contributed by atoms with E-state index >= 15 is 0 Å². The Balaban J connectivity index is 2.20. The van der Waals surface area contributed by atoms with Gasteiger partial charge in [0.1, 0.15) is 17.7 Å². The maximum atomic E-state index is 11.4. The fourth-order valence-electron chi connectivity index (χ4n) is 1.45. The number of aromatic nitrogens is 1. The minimum absolute atomic E-state index is 0.0392. The number of hydrogen-bond acceptors (Lipinski definition) is 5. The Bertz CT molecular complexity index is 530. The van der Waals surface area contributed by atoms with Crippen LogP contribution < -0.4 is 4.74 Å². The van der Waals surface area contributed by atoms with Gasteiger partial charge >= 0.3 is 11.9 Å². The van der Waals surface area contributed by atoms with Crippen molar-refractivity contribution >= 4 is 5.97 Å². The summed E-state index contributed by atoms with van der Waals surface area (Å²) < 4.78 is 14.9. The van der Waals surface area contributed by atoms with Gasteiger partial charge in [-0.2, -0.15) is 0 Å². The summed E-state index contributed by atoms with van der Waals surface area (Å²) in [6, 6.07) is 7.30. The molecule has 0 radical (unpaired) electrons. The zero-order valence-corrected chi connectivity index (χ0v) is 10.2. The Kier molecular flexibility index (Phi) is 3.62. The highest BCUT2D eigenvalue weighted by Crippen LogP contribution is 2.21. The number of rotatable bonds is 4. The third kappa shape index (κ3) is 2.51. The molecule has 0 saturated carbocycles. The monoisotopic (exact) mass is 247 g/mol. The highest BCUT2D eigenvalue weighted by molar-refractivity contribution is 5.85. The number of carbonyl (C=O) groups is 1. The molecule has 0 aliphatic carbocycles. The van der Waals surface area contributed by atoms with E-state index in [4.69, 9.17) is 13.9 Å². The van der Waals surface area contributed by atoms with Gasteiger partial charge in [0.05, 0.1) is 13.7 Å². The van der Waals surface area contributed by atoms with Gasteiger partial charge in [-0.25, -0.2) is 9.78 Å². The Morgan fingerprint density at radius 2 is 2.06 bits per heavy atom. The van der Waals surface area contributed by atoms with Crippen LogP contribution in [0.4, 0.5) is 0 Å². The molecule has 2 rings (SSSR count). The number of esters is 1. The van der Waals surface area contributed by atoms with Gasteiger partial charge < -0.3 is 13.9 Å². The molecule has 0 amide bonds. The fourth-order valence-corrected chi connectivity index (χ4v) is 1.45. The van der Waals surface area contributed by atoms with Crippen molar-refractivity contribution in [2.24, 2.45) is 0 Å². The van der Waals surface area contributed by atoms with Crippen LogP contribution in [0.1, 0.15) is 17.6 Å². The molecule has 1 aromatic heterocycles. The number of methoxy groups -OCH3 is 1. The Hall–Kier alpha value is -2.30. The third-order valence-electron chi connectivity index (χ3n) is 2.34.